The lowest BCUT2D eigenvalue weighted by Gasteiger charge is -2.15. The van der Waals surface area contributed by atoms with Gasteiger partial charge in [-0.25, -0.2) is 0 Å². The number of amides is 1. The Balaban J connectivity index is 1.73. The minimum absolute atomic E-state index is 0.202. The first-order chi connectivity index (χ1) is 11.0. The van der Waals surface area contributed by atoms with Crippen LogP contribution in [0, 0.1) is 6.92 Å². The fourth-order valence-electron chi connectivity index (χ4n) is 2.41. The topological polar surface area (TPSA) is 54.1 Å². The summed E-state index contributed by atoms with van der Waals surface area (Å²) in [6, 6.07) is 14.7. The second-order valence-electron chi connectivity index (χ2n) is 5.42. The number of aryl methyl sites for hydroxylation is 1. The number of rotatable bonds is 4. The number of carbonyl (C=O) groups is 1. The van der Waals surface area contributed by atoms with Crippen molar-refractivity contribution in [2.75, 3.05) is 5.32 Å². The van der Waals surface area contributed by atoms with Gasteiger partial charge in [-0.1, -0.05) is 17.7 Å². The molecule has 0 saturated carbocycles. The highest BCUT2D eigenvalue weighted by atomic mass is 35.5. The van der Waals surface area contributed by atoms with E-state index in [0.29, 0.717) is 10.8 Å². The van der Waals surface area contributed by atoms with Gasteiger partial charge in [0.05, 0.1) is 5.69 Å². The summed E-state index contributed by atoms with van der Waals surface area (Å²) < 4.78 is 5.64. The van der Waals surface area contributed by atoms with Gasteiger partial charge in [0.1, 0.15) is 5.75 Å². The Labute approximate surface area is 139 Å². The first-order valence-electron chi connectivity index (χ1n) is 7.34. The van der Waals surface area contributed by atoms with E-state index < -0.39 is 6.10 Å². The predicted molar refractivity (Wildman–Crippen MR) is 93.2 cm³/mol. The van der Waals surface area contributed by atoms with Crippen LogP contribution in [-0.2, 0) is 4.79 Å². The fraction of sp³-hybridized carbons (Fsp3) is 0.167. The molecule has 4 nitrogen and oxygen atoms in total. The van der Waals surface area contributed by atoms with Crippen LogP contribution in [0.2, 0.25) is 5.02 Å². The minimum Gasteiger partial charge on any atom is -0.481 e. The standard InChI is InChI=1S/C18H17ClN2O2/c1-11-10-15-16(20-11)4-3-5-17(15)21-18(22)12(2)23-14-8-6-13(19)7-9-14/h3-10,12,20H,1-2H3,(H,21,22). The highest BCUT2D eigenvalue weighted by Gasteiger charge is 2.16. The van der Waals surface area contributed by atoms with Crippen LogP contribution in [0.25, 0.3) is 10.9 Å². The van der Waals surface area contributed by atoms with Crippen LogP contribution in [0.3, 0.4) is 0 Å². The summed E-state index contributed by atoms with van der Waals surface area (Å²) in [5, 5.41) is 4.53. The van der Waals surface area contributed by atoms with E-state index in [1.54, 1.807) is 31.2 Å². The highest BCUT2D eigenvalue weighted by molar-refractivity contribution is 6.30. The molecule has 0 aliphatic rings. The quantitative estimate of drug-likeness (QED) is 0.739. The van der Waals surface area contributed by atoms with E-state index >= 15 is 0 Å². The molecule has 1 heterocycles. The number of aromatic nitrogens is 1. The maximum atomic E-state index is 12.4. The van der Waals surface area contributed by atoms with Crippen molar-refractivity contribution in [1.29, 1.82) is 0 Å². The Kier molecular flexibility index (Phi) is 4.26. The summed E-state index contributed by atoms with van der Waals surface area (Å²) in [7, 11) is 0. The van der Waals surface area contributed by atoms with Gasteiger partial charge in [-0.15, -0.1) is 0 Å². The maximum Gasteiger partial charge on any atom is 0.265 e. The van der Waals surface area contributed by atoms with Gasteiger partial charge in [0.2, 0.25) is 0 Å². The van der Waals surface area contributed by atoms with Crippen molar-refractivity contribution in [3.05, 3.63) is 59.2 Å². The van der Waals surface area contributed by atoms with Crippen LogP contribution in [0.4, 0.5) is 5.69 Å². The van der Waals surface area contributed by atoms with Crippen molar-refractivity contribution in [2.45, 2.75) is 20.0 Å². The number of ether oxygens (including phenoxy) is 1. The van der Waals surface area contributed by atoms with E-state index in [0.717, 1.165) is 22.3 Å². The zero-order valence-electron chi connectivity index (χ0n) is 12.9. The average molecular weight is 329 g/mol. The largest absolute Gasteiger partial charge is 0.481 e. The molecular formula is C18H17ClN2O2. The van der Waals surface area contributed by atoms with E-state index in [4.69, 9.17) is 16.3 Å². The van der Waals surface area contributed by atoms with Crippen molar-refractivity contribution < 1.29 is 9.53 Å². The summed E-state index contributed by atoms with van der Waals surface area (Å²) in [5.74, 6) is 0.402. The molecule has 2 aromatic carbocycles. The fourth-order valence-corrected chi connectivity index (χ4v) is 2.53. The molecule has 1 atom stereocenters. The lowest BCUT2D eigenvalue weighted by atomic mass is 10.2. The van der Waals surface area contributed by atoms with E-state index in [9.17, 15) is 4.79 Å². The molecule has 5 heteroatoms. The van der Waals surface area contributed by atoms with Crippen molar-refractivity contribution >= 4 is 34.1 Å². The van der Waals surface area contributed by atoms with E-state index in [1.807, 2.05) is 31.2 Å². The first kappa shape index (κ1) is 15.4. The molecule has 23 heavy (non-hydrogen) atoms. The molecule has 0 radical (unpaired) electrons. The molecule has 3 rings (SSSR count). The highest BCUT2D eigenvalue weighted by Crippen LogP contribution is 2.24. The van der Waals surface area contributed by atoms with Gasteiger partial charge >= 0.3 is 0 Å². The van der Waals surface area contributed by atoms with Gasteiger partial charge < -0.3 is 15.0 Å². The molecule has 0 spiro atoms. The molecule has 0 aliphatic heterocycles. The van der Waals surface area contributed by atoms with Crippen LogP contribution in [-0.4, -0.2) is 17.0 Å². The normalized spacial score (nSPS) is 12.1. The molecule has 0 aliphatic carbocycles. The number of nitrogens with one attached hydrogen (secondary N) is 2. The van der Waals surface area contributed by atoms with Gasteiger partial charge in [0.25, 0.3) is 5.91 Å². The third-order valence-electron chi connectivity index (χ3n) is 3.55. The Bertz CT molecular complexity index is 840. The van der Waals surface area contributed by atoms with Crippen LogP contribution < -0.4 is 10.1 Å². The second kappa shape index (κ2) is 6.34. The minimum atomic E-state index is -0.619. The maximum absolute atomic E-state index is 12.4. The Hall–Kier alpha value is -2.46. The number of fused-ring (bicyclic) bond motifs is 1. The van der Waals surface area contributed by atoms with E-state index in [-0.39, 0.29) is 5.91 Å². The zero-order chi connectivity index (χ0) is 16.4. The van der Waals surface area contributed by atoms with Crippen molar-refractivity contribution in [3.8, 4) is 5.75 Å². The molecule has 1 unspecified atom stereocenters. The lowest BCUT2D eigenvalue weighted by Crippen LogP contribution is -2.30. The molecule has 0 bridgehead atoms. The average Bonchev–Trinajstić information content (AvgIpc) is 2.91. The number of benzene rings is 2. The molecule has 0 saturated heterocycles. The second-order valence-corrected chi connectivity index (χ2v) is 5.86. The number of aromatic amines is 1. The third-order valence-corrected chi connectivity index (χ3v) is 3.80. The van der Waals surface area contributed by atoms with Crippen molar-refractivity contribution in [1.82, 2.24) is 4.98 Å². The first-order valence-corrected chi connectivity index (χ1v) is 7.72. The summed E-state index contributed by atoms with van der Waals surface area (Å²) in [6.45, 7) is 3.70. The van der Waals surface area contributed by atoms with Crippen LogP contribution >= 0.6 is 11.6 Å². The molecule has 1 amide bonds. The number of hydrogen-bond donors (Lipinski definition) is 2. The van der Waals surface area contributed by atoms with Gasteiger partial charge in [-0.05, 0) is 56.3 Å². The zero-order valence-corrected chi connectivity index (χ0v) is 13.6. The molecule has 2 N–H and O–H groups in total. The summed E-state index contributed by atoms with van der Waals surface area (Å²) in [6.07, 6.45) is -0.619. The van der Waals surface area contributed by atoms with Gasteiger partial charge in [0, 0.05) is 21.6 Å². The lowest BCUT2D eigenvalue weighted by molar-refractivity contribution is -0.122. The number of hydrogen-bond acceptors (Lipinski definition) is 2. The monoisotopic (exact) mass is 328 g/mol. The summed E-state index contributed by atoms with van der Waals surface area (Å²) in [5.41, 5.74) is 2.81. The van der Waals surface area contributed by atoms with Crippen molar-refractivity contribution in [3.63, 3.8) is 0 Å². The summed E-state index contributed by atoms with van der Waals surface area (Å²) in [4.78, 5) is 15.6. The number of anilines is 1. The molecule has 3 aromatic rings. The SMILES string of the molecule is Cc1cc2c(NC(=O)C(C)Oc3ccc(Cl)cc3)cccc2[nH]1. The number of halogens is 1. The number of carbonyl (C=O) groups excluding carboxylic acids is 1. The van der Waals surface area contributed by atoms with E-state index in [2.05, 4.69) is 10.3 Å². The molecule has 118 valence electrons. The van der Waals surface area contributed by atoms with Gasteiger partial charge in [0.15, 0.2) is 6.10 Å². The van der Waals surface area contributed by atoms with E-state index in [1.165, 1.54) is 0 Å². The van der Waals surface area contributed by atoms with Gasteiger partial charge in [-0.3, -0.25) is 4.79 Å². The summed E-state index contributed by atoms with van der Waals surface area (Å²) >= 11 is 5.84. The van der Waals surface area contributed by atoms with Gasteiger partial charge in [-0.2, -0.15) is 0 Å². The molecule has 1 aromatic heterocycles. The predicted octanol–water partition coefficient (Wildman–Crippen LogP) is 4.54. The number of H-pyrrole nitrogens is 1. The Morgan fingerprint density at radius 2 is 1.96 bits per heavy atom. The Morgan fingerprint density at radius 3 is 2.70 bits per heavy atom. The molecule has 0 fully saturated rings. The third kappa shape index (κ3) is 3.48. The van der Waals surface area contributed by atoms with Crippen LogP contribution in [0.5, 0.6) is 5.75 Å². The molecular weight excluding hydrogens is 312 g/mol. The van der Waals surface area contributed by atoms with Crippen LogP contribution in [0.1, 0.15) is 12.6 Å². The van der Waals surface area contributed by atoms with Crippen molar-refractivity contribution in [2.24, 2.45) is 0 Å². The smallest absolute Gasteiger partial charge is 0.265 e. The van der Waals surface area contributed by atoms with Crippen LogP contribution in [0.15, 0.2) is 48.5 Å². The Morgan fingerprint density at radius 1 is 1.22 bits per heavy atom.